The van der Waals surface area contributed by atoms with Crippen molar-refractivity contribution in [2.24, 2.45) is 0 Å². The molecule has 6 heteroatoms. The summed E-state index contributed by atoms with van der Waals surface area (Å²) in [6, 6.07) is 18.3. The number of hydrogen-bond acceptors (Lipinski definition) is 5. The first-order valence-corrected chi connectivity index (χ1v) is 9.80. The maximum absolute atomic E-state index is 12.7. The van der Waals surface area contributed by atoms with Crippen LogP contribution in [-0.4, -0.2) is 16.1 Å². The van der Waals surface area contributed by atoms with E-state index >= 15 is 0 Å². The van der Waals surface area contributed by atoms with E-state index in [9.17, 15) is 4.79 Å². The lowest BCUT2D eigenvalue weighted by molar-refractivity contribution is 0.0956. The summed E-state index contributed by atoms with van der Waals surface area (Å²) in [5, 5.41) is 12.1. The molecule has 1 amide bonds. The minimum Gasteiger partial charge on any atom is -0.397 e. The summed E-state index contributed by atoms with van der Waals surface area (Å²) < 4.78 is 0. The van der Waals surface area contributed by atoms with E-state index in [1.807, 2.05) is 44.2 Å². The molecule has 3 N–H and O–H groups in total. The number of benzene rings is 2. The zero-order valence-corrected chi connectivity index (χ0v) is 16.5. The Hall–Kier alpha value is -3.25. The molecule has 0 atom stereocenters. The molecule has 0 unspecified atom stereocenters. The summed E-state index contributed by atoms with van der Waals surface area (Å²) in [4.78, 5) is 13.9. The highest BCUT2D eigenvalue weighted by Gasteiger charge is 2.19. The maximum Gasteiger partial charge on any atom is 0.263 e. The predicted octanol–water partition coefficient (Wildman–Crippen LogP) is 4.49. The largest absolute Gasteiger partial charge is 0.397 e. The van der Waals surface area contributed by atoms with Crippen molar-refractivity contribution >= 4 is 33.1 Å². The fourth-order valence-corrected chi connectivity index (χ4v) is 4.18. The smallest absolute Gasteiger partial charge is 0.263 e. The summed E-state index contributed by atoms with van der Waals surface area (Å²) in [6.45, 7) is 4.27. The summed E-state index contributed by atoms with van der Waals surface area (Å²) in [5.74, 6) is -0.192. The molecule has 2 aromatic heterocycles. The van der Waals surface area contributed by atoms with Crippen LogP contribution in [0.15, 0.2) is 54.6 Å². The Morgan fingerprint density at radius 3 is 2.57 bits per heavy atom. The molecule has 0 saturated heterocycles. The van der Waals surface area contributed by atoms with Crippen molar-refractivity contribution in [2.75, 3.05) is 5.73 Å². The van der Waals surface area contributed by atoms with Crippen molar-refractivity contribution in [3.63, 3.8) is 0 Å². The average Bonchev–Trinajstić information content (AvgIpc) is 3.07. The van der Waals surface area contributed by atoms with Gasteiger partial charge in [-0.15, -0.1) is 16.4 Å². The van der Waals surface area contributed by atoms with Gasteiger partial charge in [-0.2, -0.15) is 5.10 Å². The predicted molar refractivity (Wildman–Crippen MR) is 114 cm³/mol. The van der Waals surface area contributed by atoms with Crippen LogP contribution >= 0.6 is 11.3 Å². The Morgan fingerprint density at radius 1 is 1.04 bits per heavy atom. The SMILES string of the molecule is Cc1nnc2sc(C(=O)NCc3cccc(-c4ccccc4)c3)c(N)c2c1C. The normalized spacial score (nSPS) is 10.9. The van der Waals surface area contributed by atoms with E-state index in [4.69, 9.17) is 5.73 Å². The highest BCUT2D eigenvalue weighted by molar-refractivity contribution is 7.21. The van der Waals surface area contributed by atoms with Gasteiger partial charge >= 0.3 is 0 Å². The minimum atomic E-state index is -0.192. The van der Waals surface area contributed by atoms with Crippen LogP contribution in [0.25, 0.3) is 21.3 Å². The molecule has 0 aliphatic carbocycles. The van der Waals surface area contributed by atoms with Crippen molar-refractivity contribution in [3.8, 4) is 11.1 Å². The molecule has 4 aromatic rings. The topological polar surface area (TPSA) is 80.9 Å². The molecule has 0 aliphatic heterocycles. The second kappa shape index (κ2) is 7.40. The number of nitrogen functional groups attached to an aromatic ring is 1. The van der Waals surface area contributed by atoms with Crippen LogP contribution in [0.1, 0.15) is 26.5 Å². The number of aromatic nitrogens is 2. The van der Waals surface area contributed by atoms with Crippen LogP contribution in [0.3, 0.4) is 0 Å². The van der Waals surface area contributed by atoms with Gasteiger partial charge in [0, 0.05) is 11.9 Å². The summed E-state index contributed by atoms with van der Waals surface area (Å²) in [6.07, 6.45) is 0. The summed E-state index contributed by atoms with van der Waals surface area (Å²) in [5.41, 5.74) is 11.8. The van der Waals surface area contributed by atoms with Crippen LogP contribution in [0.5, 0.6) is 0 Å². The summed E-state index contributed by atoms with van der Waals surface area (Å²) in [7, 11) is 0. The lowest BCUT2D eigenvalue weighted by Gasteiger charge is -2.07. The molecular weight excluding hydrogens is 368 g/mol. The molecule has 28 heavy (non-hydrogen) atoms. The molecule has 2 aromatic carbocycles. The summed E-state index contributed by atoms with van der Waals surface area (Å²) >= 11 is 1.28. The van der Waals surface area contributed by atoms with Gasteiger partial charge in [-0.05, 0) is 42.2 Å². The number of fused-ring (bicyclic) bond motifs is 1. The lowest BCUT2D eigenvalue weighted by Crippen LogP contribution is -2.22. The number of nitrogens with two attached hydrogens (primary N) is 1. The van der Waals surface area contributed by atoms with Gasteiger partial charge < -0.3 is 11.1 Å². The molecule has 140 valence electrons. The number of carbonyl (C=O) groups excluding carboxylic acids is 1. The molecule has 5 nitrogen and oxygen atoms in total. The third-order valence-electron chi connectivity index (χ3n) is 4.83. The van der Waals surface area contributed by atoms with Crippen molar-refractivity contribution < 1.29 is 4.79 Å². The second-order valence-electron chi connectivity index (χ2n) is 6.68. The zero-order chi connectivity index (χ0) is 19.7. The number of anilines is 1. The molecule has 0 spiro atoms. The van der Waals surface area contributed by atoms with Crippen molar-refractivity contribution in [1.82, 2.24) is 15.5 Å². The highest BCUT2D eigenvalue weighted by atomic mass is 32.1. The number of nitrogens with zero attached hydrogens (tertiary/aromatic N) is 2. The van der Waals surface area contributed by atoms with Crippen molar-refractivity contribution in [2.45, 2.75) is 20.4 Å². The Labute approximate surface area is 167 Å². The first-order valence-electron chi connectivity index (χ1n) is 8.99. The zero-order valence-electron chi connectivity index (χ0n) is 15.7. The van der Waals surface area contributed by atoms with Gasteiger partial charge in [0.05, 0.1) is 11.4 Å². The van der Waals surface area contributed by atoms with Gasteiger partial charge in [0.1, 0.15) is 9.71 Å². The fraction of sp³-hybridized carbons (Fsp3) is 0.136. The third-order valence-corrected chi connectivity index (χ3v) is 5.92. The fourth-order valence-electron chi connectivity index (χ4n) is 3.16. The first kappa shape index (κ1) is 18.1. The van der Waals surface area contributed by atoms with E-state index in [0.717, 1.165) is 33.3 Å². The molecule has 4 rings (SSSR count). The van der Waals surface area contributed by atoms with E-state index in [1.54, 1.807) is 0 Å². The monoisotopic (exact) mass is 388 g/mol. The Morgan fingerprint density at radius 2 is 1.79 bits per heavy atom. The van der Waals surface area contributed by atoms with Crippen molar-refractivity contribution in [1.29, 1.82) is 0 Å². The number of amides is 1. The van der Waals surface area contributed by atoms with Crippen molar-refractivity contribution in [3.05, 3.63) is 76.3 Å². The van der Waals surface area contributed by atoms with Gasteiger partial charge in [0.25, 0.3) is 5.91 Å². The molecule has 0 fully saturated rings. The molecule has 0 radical (unpaired) electrons. The number of carbonyl (C=O) groups is 1. The Kier molecular flexibility index (Phi) is 4.79. The number of aryl methyl sites for hydroxylation is 2. The molecule has 0 saturated carbocycles. The van der Waals surface area contributed by atoms with Gasteiger partial charge in [-0.3, -0.25) is 4.79 Å². The average molecular weight is 388 g/mol. The third kappa shape index (κ3) is 3.34. The first-order chi connectivity index (χ1) is 13.5. The number of nitrogens with one attached hydrogen (secondary N) is 1. The van der Waals surface area contributed by atoms with E-state index in [2.05, 4.69) is 39.8 Å². The standard InChI is InChI=1S/C22H20N4OS/c1-13-14(2)25-26-22-18(13)19(23)20(28-22)21(27)24-12-15-7-6-10-17(11-15)16-8-4-3-5-9-16/h3-11H,12,23H2,1-2H3,(H,24,27). The molecule has 0 aliphatic rings. The van der Waals surface area contributed by atoms with Gasteiger partial charge in [0.2, 0.25) is 0 Å². The van der Waals surface area contributed by atoms with Crippen LogP contribution in [0.4, 0.5) is 5.69 Å². The second-order valence-corrected chi connectivity index (χ2v) is 7.68. The Balaban J connectivity index is 1.55. The van der Waals surface area contributed by atoms with E-state index in [1.165, 1.54) is 11.3 Å². The Bertz CT molecular complexity index is 1170. The van der Waals surface area contributed by atoms with Crippen LogP contribution < -0.4 is 11.1 Å². The minimum absolute atomic E-state index is 0.192. The number of thiophene rings is 1. The number of rotatable bonds is 4. The van der Waals surface area contributed by atoms with Gasteiger partial charge in [-0.25, -0.2) is 0 Å². The molecular formula is C22H20N4OS. The highest BCUT2D eigenvalue weighted by Crippen LogP contribution is 2.34. The van der Waals surface area contributed by atoms with Gasteiger partial charge in [0.15, 0.2) is 0 Å². The lowest BCUT2D eigenvalue weighted by atomic mass is 10.0. The van der Waals surface area contributed by atoms with E-state index in [0.29, 0.717) is 21.9 Å². The van der Waals surface area contributed by atoms with Crippen LogP contribution in [0, 0.1) is 13.8 Å². The molecule has 2 heterocycles. The van der Waals surface area contributed by atoms with Crippen LogP contribution in [0.2, 0.25) is 0 Å². The van der Waals surface area contributed by atoms with E-state index < -0.39 is 0 Å². The maximum atomic E-state index is 12.7. The quantitative estimate of drug-likeness (QED) is 0.540. The molecule has 0 bridgehead atoms. The van der Waals surface area contributed by atoms with Gasteiger partial charge in [-0.1, -0.05) is 48.5 Å². The van der Waals surface area contributed by atoms with E-state index in [-0.39, 0.29) is 5.91 Å². The van der Waals surface area contributed by atoms with Crippen LogP contribution in [-0.2, 0) is 6.54 Å². The number of hydrogen-bond donors (Lipinski definition) is 2.